The average Bonchev–Trinajstić information content (AvgIpc) is 3.29. The molecule has 2 aromatic rings. The van der Waals surface area contributed by atoms with Crippen LogP contribution < -0.4 is 22.1 Å². The molecule has 8 N–H and O–H groups in total. The summed E-state index contributed by atoms with van der Waals surface area (Å²) >= 11 is 8.46. The van der Waals surface area contributed by atoms with E-state index >= 15 is 0 Å². The number of phenols is 1. The first kappa shape index (κ1) is 28.0. The van der Waals surface area contributed by atoms with Crippen LogP contribution in [-0.2, 0) is 21.4 Å². The number of hydrogen-bond donors (Lipinski definition) is 6. The zero-order valence-electron chi connectivity index (χ0n) is 19.9. The number of aromatic nitrogens is 4. The van der Waals surface area contributed by atoms with Gasteiger partial charge in [-0.25, -0.2) is 14.3 Å². The Balaban J connectivity index is 1.53. The molecule has 16 nitrogen and oxygen atoms in total. The predicted molar refractivity (Wildman–Crippen MR) is 139 cm³/mol. The van der Waals surface area contributed by atoms with Gasteiger partial charge in [0.2, 0.25) is 11.1 Å². The molecule has 0 aliphatic carbocycles. The fourth-order valence-electron chi connectivity index (χ4n) is 3.80. The normalized spacial score (nSPS) is 19.0. The number of aliphatic carboxylic acids is 1. The summed E-state index contributed by atoms with van der Waals surface area (Å²) in [7, 11) is 1.64. The number of halogens is 1. The first-order valence-electron chi connectivity index (χ1n) is 10.9. The summed E-state index contributed by atoms with van der Waals surface area (Å²) in [5.41, 5.74) is 11.0. The number of guanidine groups is 1. The van der Waals surface area contributed by atoms with E-state index < -0.39 is 47.2 Å². The van der Waals surface area contributed by atoms with Crippen LogP contribution in [0.3, 0.4) is 0 Å². The molecule has 0 radical (unpaired) electrons. The van der Waals surface area contributed by atoms with Gasteiger partial charge in [0.25, 0.3) is 5.91 Å². The lowest BCUT2D eigenvalue weighted by atomic mass is 10.0. The molecule has 2 unspecified atom stereocenters. The number of urea groups is 1. The largest absolute Gasteiger partial charge is 0.506 e. The Morgan fingerprint density at radius 2 is 2.10 bits per heavy atom. The molecular formula is C20H21ClN10O6S2. The van der Waals surface area contributed by atoms with Crippen molar-refractivity contribution in [1.82, 2.24) is 35.7 Å². The highest BCUT2D eigenvalue weighted by molar-refractivity contribution is 8.01. The van der Waals surface area contributed by atoms with E-state index in [0.717, 1.165) is 4.90 Å². The van der Waals surface area contributed by atoms with Crippen LogP contribution in [0.1, 0.15) is 11.6 Å². The Bertz CT molecular complexity index is 1410. The first-order chi connectivity index (χ1) is 18.5. The van der Waals surface area contributed by atoms with Crippen LogP contribution in [-0.4, -0.2) is 88.0 Å². The van der Waals surface area contributed by atoms with Gasteiger partial charge in [-0.15, -0.1) is 16.9 Å². The van der Waals surface area contributed by atoms with E-state index in [1.807, 2.05) is 0 Å². The summed E-state index contributed by atoms with van der Waals surface area (Å²) in [5, 5.41) is 35.3. The fourth-order valence-corrected chi connectivity index (χ4v) is 6.33. The third-order valence-corrected chi connectivity index (χ3v) is 8.31. The van der Waals surface area contributed by atoms with Crippen molar-refractivity contribution in [3.8, 4) is 5.75 Å². The van der Waals surface area contributed by atoms with Crippen molar-refractivity contribution < 1.29 is 29.4 Å². The fraction of sp³-hybridized carbons (Fsp3) is 0.300. The number of hydrogen-bond acceptors (Lipinski definition) is 10. The second-order valence-electron chi connectivity index (χ2n) is 8.16. The molecule has 2 aliphatic rings. The molecule has 3 heterocycles. The minimum Gasteiger partial charge on any atom is -0.506 e. The number of carboxylic acid groups (broad SMARTS) is 1. The quantitative estimate of drug-likeness (QED) is 0.0939. The average molecular weight is 597 g/mol. The van der Waals surface area contributed by atoms with E-state index in [4.69, 9.17) is 23.1 Å². The van der Waals surface area contributed by atoms with E-state index in [1.54, 1.807) is 7.05 Å². The van der Waals surface area contributed by atoms with Crippen molar-refractivity contribution in [2.75, 3.05) is 11.5 Å². The number of aliphatic imine (C=N–C) groups is 1. The minimum atomic E-state index is -1.41. The maximum atomic E-state index is 13.3. The second kappa shape index (κ2) is 11.4. The monoisotopic (exact) mass is 596 g/mol. The van der Waals surface area contributed by atoms with Crippen LogP contribution in [0.4, 0.5) is 4.79 Å². The number of carbonyl (C=O) groups excluding carboxylic acids is 3. The lowest BCUT2D eigenvalue weighted by Gasteiger charge is -2.49. The zero-order chi connectivity index (χ0) is 28.4. The third-order valence-electron chi connectivity index (χ3n) is 5.57. The number of nitrogens with zero attached hydrogens (tertiary/aromatic N) is 6. The van der Waals surface area contributed by atoms with Crippen LogP contribution in [0.15, 0.2) is 39.6 Å². The molecule has 1 fully saturated rings. The Labute approximate surface area is 233 Å². The summed E-state index contributed by atoms with van der Waals surface area (Å²) < 4.78 is 1.44. The van der Waals surface area contributed by atoms with E-state index in [9.17, 15) is 29.4 Å². The molecular weight excluding hydrogens is 576 g/mol. The van der Waals surface area contributed by atoms with E-state index in [1.165, 1.54) is 46.4 Å². The zero-order valence-corrected chi connectivity index (χ0v) is 22.3. The molecule has 0 bridgehead atoms. The van der Waals surface area contributed by atoms with Crippen LogP contribution >= 0.6 is 35.1 Å². The molecule has 4 rings (SSSR count). The van der Waals surface area contributed by atoms with Gasteiger partial charge in [0.15, 0.2) is 5.96 Å². The number of thioether (sulfide) groups is 2. The first-order valence-corrected chi connectivity index (χ1v) is 13.3. The highest BCUT2D eigenvalue weighted by atomic mass is 35.5. The number of rotatable bonds is 8. The van der Waals surface area contributed by atoms with Gasteiger partial charge in [0.05, 0.1) is 5.02 Å². The number of benzene rings is 1. The van der Waals surface area contributed by atoms with Gasteiger partial charge in [-0.3, -0.25) is 14.5 Å². The standard InChI is InChI=1S/C20H21ClN10O6S2/c1-30-20(27-28-29-30)39-6-8-5-38-16-12(15(34)31(16)13(8)17(35)36)24-14(33)11(25-19(37)26-18(22)23)7-2-3-10(32)9(21)4-7/h2-4,11-12,16,32H,5-6H2,1H3,(H,24,33)(H,35,36)(H5,22,23,25,26,37)/t11?,12?,16-/m0/s1. The SMILES string of the molecule is Cn1nnnc1SCC1=C(C(=O)O)N2C(=O)C(NC(=O)C(NC(=O)N=C(N)N)c3ccc(O)c(Cl)c3)[C@@H]2SC1. The second-order valence-corrected chi connectivity index (χ2v) is 10.6. The lowest BCUT2D eigenvalue weighted by Crippen LogP contribution is -2.71. The highest BCUT2D eigenvalue weighted by Gasteiger charge is 2.54. The minimum absolute atomic E-state index is 0.0890. The molecule has 19 heteroatoms. The van der Waals surface area contributed by atoms with E-state index in [-0.39, 0.29) is 33.5 Å². The number of carbonyl (C=O) groups is 4. The Hall–Kier alpha value is -4.03. The molecule has 206 valence electrons. The van der Waals surface area contributed by atoms with Gasteiger partial charge < -0.3 is 32.3 Å². The van der Waals surface area contributed by atoms with Crippen molar-refractivity contribution in [2.45, 2.75) is 22.6 Å². The van der Waals surface area contributed by atoms with Crippen LogP contribution in [0.5, 0.6) is 5.75 Å². The van der Waals surface area contributed by atoms with Crippen LogP contribution in [0, 0.1) is 0 Å². The molecule has 1 aromatic heterocycles. The van der Waals surface area contributed by atoms with E-state index in [0.29, 0.717) is 10.7 Å². The summed E-state index contributed by atoms with van der Waals surface area (Å²) in [6.45, 7) is 0. The van der Waals surface area contributed by atoms with E-state index in [2.05, 4.69) is 31.2 Å². The summed E-state index contributed by atoms with van der Waals surface area (Å²) in [4.78, 5) is 55.1. The van der Waals surface area contributed by atoms with Crippen molar-refractivity contribution in [3.63, 3.8) is 0 Å². The maximum Gasteiger partial charge on any atom is 0.352 e. The third kappa shape index (κ3) is 5.86. The van der Waals surface area contributed by atoms with Crippen LogP contribution in [0.2, 0.25) is 5.02 Å². The summed E-state index contributed by atoms with van der Waals surface area (Å²) in [5.74, 6) is -3.03. The number of nitrogens with two attached hydrogens (primary N) is 2. The number of β-lactam (4-membered cyclic amide) rings is 1. The molecule has 2 aliphatic heterocycles. The summed E-state index contributed by atoms with van der Waals surface area (Å²) in [6, 6.07) is 0.290. The van der Waals surface area contributed by atoms with Gasteiger partial charge in [0.1, 0.15) is 28.9 Å². The van der Waals surface area contributed by atoms with Gasteiger partial charge >= 0.3 is 12.0 Å². The number of nitrogens with one attached hydrogen (secondary N) is 2. The number of tetrazole rings is 1. The van der Waals surface area contributed by atoms with Crippen LogP contribution in [0.25, 0.3) is 0 Å². The number of phenolic OH excluding ortho intramolecular Hbond substituents is 1. The maximum absolute atomic E-state index is 13.3. The topological polar surface area (TPSA) is 244 Å². The number of aryl methyl sites for hydroxylation is 1. The molecule has 0 saturated carbocycles. The molecule has 4 amide bonds. The number of carboxylic acids is 1. The van der Waals surface area contributed by atoms with Gasteiger partial charge in [-0.2, -0.15) is 4.99 Å². The van der Waals surface area contributed by atoms with Crippen molar-refractivity contribution in [3.05, 3.63) is 40.1 Å². The van der Waals surface area contributed by atoms with Crippen molar-refractivity contribution in [2.24, 2.45) is 23.5 Å². The van der Waals surface area contributed by atoms with Crippen molar-refractivity contribution in [1.29, 1.82) is 0 Å². The Kier molecular flexibility index (Phi) is 8.17. The van der Waals surface area contributed by atoms with Gasteiger partial charge in [-0.1, -0.05) is 29.4 Å². The number of fused-ring (bicyclic) bond motifs is 1. The molecule has 0 spiro atoms. The van der Waals surface area contributed by atoms with Gasteiger partial charge in [-0.05, 0) is 33.7 Å². The number of aromatic hydroxyl groups is 1. The highest BCUT2D eigenvalue weighted by Crippen LogP contribution is 2.41. The van der Waals surface area contributed by atoms with Gasteiger partial charge in [0, 0.05) is 18.6 Å². The Morgan fingerprint density at radius 3 is 2.72 bits per heavy atom. The van der Waals surface area contributed by atoms with Crippen molar-refractivity contribution >= 4 is 64.9 Å². The molecule has 39 heavy (non-hydrogen) atoms. The smallest absolute Gasteiger partial charge is 0.352 e. The molecule has 1 saturated heterocycles. The lowest BCUT2D eigenvalue weighted by molar-refractivity contribution is -0.150. The predicted octanol–water partition coefficient (Wildman–Crippen LogP) is -0.876. The Morgan fingerprint density at radius 1 is 1.36 bits per heavy atom. The molecule has 1 aromatic carbocycles. The molecule has 3 atom stereocenters. The number of amides is 4. The summed E-state index contributed by atoms with van der Waals surface area (Å²) in [6.07, 6.45) is 0.